The van der Waals surface area contributed by atoms with Gasteiger partial charge in [-0.2, -0.15) is 0 Å². The van der Waals surface area contributed by atoms with Gasteiger partial charge in [0.25, 0.3) is 5.91 Å². The van der Waals surface area contributed by atoms with Crippen molar-refractivity contribution in [1.82, 2.24) is 0 Å². The Balaban J connectivity index is 1.51. The number of anilines is 1. The second-order valence-corrected chi connectivity index (χ2v) is 7.94. The molecule has 1 aliphatic rings. The fourth-order valence-electron chi connectivity index (χ4n) is 3.21. The SMILES string of the molecule is C[C@@H](C(=O)Nc1ccc(F)cc1Cl)[NH+]1CC[NH+](Cc2cccs2)CC1. The molecular formula is C18H23ClFN3OS+2. The predicted octanol–water partition coefficient (Wildman–Crippen LogP) is 0.851. The predicted molar refractivity (Wildman–Crippen MR) is 98.9 cm³/mol. The Kier molecular flexibility index (Phi) is 6.06. The largest absolute Gasteiger partial charge is 0.321 e. The van der Waals surface area contributed by atoms with Gasteiger partial charge in [-0.15, -0.1) is 11.3 Å². The number of hydrogen-bond acceptors (Lipinski definition) is 2. The van der Waals surface area contributed by atoms with Gasteiger partial charge in [0.15, 0.2) is 6.04 Å². The van der Waals surface area contributed by atoms with E-state index >= 15 is 0 Å². The molecule has 1 aliphatic heterocycles. The van der Waals surface area contributed by atoms with Gasteiger partial charge in [-0.25, -0.2) is 4.39 Å². The summed E-state index contributed by atoms with van der Waals surface area (Å²) in [5.41, 5.74) is 0.460. The van der Waals surface area contributed by atoms with Crippen LogP contribution in [0.4, 0.5) is 10.1 Å². The highest BCUT2D eigenvalue weighted by Crippen LogP contribution is 2.22. The van der Waals surface area contributed by atoms with Crippen LogP contribution in [0.1, 0.15) is 11.8 Å². The molecule has 0 radical (unpaired) electrons. The van der Waals surface area contributed by atoms with E-state index in [1.165, 1.54) is 28.0 Å². The Morgan fingerprint density at radius 3 is 2.72 bits per heavy atom. The van der Waals surface area contributed by atoms with Crippen LogP contribution < -0.4 is 15.1 Å². The number of carbonyl (C=O) groups excluding carboxylic acids is 1. The highest BCUT2D eigenvalue weighted by atomic mass is 35.5. The lowest BCUT2D eigenvalue weighted by Gasteiger charge is -2.32. The van der Waals surface area contributed by atoms with E-state index in [1.807, 2.05) is 6.92 Å². The second kappa shape index (κ2) is 8.27. The van der Waals surface area contributed by atoms with Crippen molar-refractivity contribution in [2.75, 3.05) is 31.5 Å². The Morgan fingerprint density at radius 1 is 1.32 bits per heavy atom. The van der Waals surface area contributed by atoms with Crippen molar-refractivity contribution in [2.45, 2.75) is 19.5 Å². The number of thiophene rings is 1. The summed E-state index contributed by atoms with van der Waals surface area (Å²) >= 11 is 7.79. The van der Waals surface area contributed by atoms with Crippen molar-refractivity contribution in [3.63, 3.8) is 0 Å². The van der Waals surface area contributed by atoms with Crippen LogP contribution in [0.5, 0.6) is 0 Å². The van der Waals surface area contributed by atoms with E-state index in [9.17, 15) is 9.18 Å². The van der Waals surface area contributed by atoms with Crippen LogP contribution in [-0.2, 0) is 11.3 Å². The van der Waals surface area contributed by atoms with Gasteiger partial charge < -0.3 is 15.1 Å². The molecule has 1 saturated heterocycles. The second-order valence-electron chi connectivity index (χ2n) is 6.50. The van der Waals surface area contributed by atoms with Crippen LogP contribution >= 0.6 is 22.9 Å². The van der Waals surface area contributed by atoms with Gasteiger partial charge in [-0.05, 0) is 36.6 Å². The molecule has 7 heteroatoms. The Hall–Kier alpha value is -1.47. The third-order valence-corrected chi connectivity index (χ3v) is 5.99. The number of nitrogens with one attached hydrogen (secondary N) is 3. The zero-order chi connectivity index (χ0) is 17.8. The molecule has 0 spiro atoms. The maximum atomic E-state index is 13.1. The van der Waals surface area contributed by atoms with Gasteiger partial charge in [0.05, 0.1) is 15.6 Å². The molecule has 1 atom stereocenters. The highest BCUT2D eigenvalue weighted by Gasteiger charge is 2.31. The van der Waals surface area contributed by atoms with E-state index in [0.717, 1.165) is 32.7 Å². The number of rotatable bonds is 5. The monoisotopic (exact) mass is 383 g/mol. The number of piperazine rings is 1. The first-order chi connectivity index (χ1) is 12.0. The van der Waals surface area contributed by atoms with Crippen molar-refractivity contribution < 1.29 is 19.0 Å². The number of carbonyl (C=O) groups is 1. The molecule has 0 saturated carbocycles. The average Bonchev–Trinajstić information content (AvgIpc) is 3.10. The van der Waals surface area contributed by atoms with Crippen LogP contribution in [0, 0.1) is 5.82 Å². The third-order valence-electron chi connectivity index (χ3n) is 4.80. The van der Waals surface area contributed by atoms with Gasteiger partial charge in [0.1, 0.15) is 38.5 Å². The van der Waals surface area contributed by atoms with Crippen molar-refractivity contribution >= 4 is 34.5 Å². The molecule has 0 aliphatic carbocycles. The Bertz CT molecular complexity index is 717. The summed E-state index contributed by atoms with van der Waals surface area (Å²) in [5.74, 6) is -0.489. The summed E-state index contributed by atoms with van der Waals surface area (Å²) in [5, 5.41) is 5.16. The molecule has 2 heterocycles. The average molecular weight is 384 g/mol. The molecule has 134 valence electrons. The molecule has 2 aromatic rings. The topological polar surface area (TPSA) is 38.0 Å². The Labute approximate surface area is 156 Å². The molecule has 25 heavy (non-hydrogen) atoms. The van der Waals surface area contributed by atoms with Crippen LogP contribution in [0.25, 0.3) is 0 Å². The third kappa shape index (κ3) is 4.79. The van der Waals surface area contributed by atoms with E-state index in [-0.39, 0.29) is 17.0 Å². The van der Waals surface area contributed by atoms with Crippen molar-refractivity contribution in [3.05, 3.63) is 51.4 Å². The summed E-state index contributed by atoms with van der Waals surface area (Å²) in [6.07, 6.45) is 0. The van der Waals surface area contributed by atoms with Crippen molar-refractivity contribution in [1.29, 1.82) is 0 Å². The first-order valence-corrected chi connectivity index (χ1v) is 9.75. The minimum Gasteiger partial charge on any atom is -0.321 e. The minimum atomic E-state index is -0.411. The minimum absolute atomic E-state index is 0.0785. The van der Waals surface area contributed by atoms with Crippen molar-refractivity contribution in [2.24, 2.45) is 0 Å². The molecule has 1 amide bonds. The number of halogens is 2. The molecule has 1 aromatic heterocycles. The summed E-state index contributed by atoms with van der Waals surface area (Å²) in [6, 6.07) is 8.12. The summed E-state index contributed by atoms with van der Waals surface area (Å²) in [6.45, 7) is 7.05. The summed E-state index contributed by atoms with van der Waals surface area (Å²) < 4.78 is 13.1. The first kappa shape index (κ1) is 18.3. The standard InChI is InChI=1S/C18H21ClFN3OS/c1-13(18(24)21-17-5-4-14(20)11-16(17)19)23-8-6-22(7-9-23)12-15-3-2-10-25-15/h2-5,10-11,13H,6-9,12H2,1H3,(H,21,24)/p+2/t13-/m0/s1. The molecule has 0 unspecified atom stereocenters. The first-order valence-electron chi connectivity index (χ1n) is 8.49. The molecular weight excluding hydrogens is 361 g/mol. The number of hydrogen-bond donors (Lipinski definition) is 3. The maximum Gasteiger partial charge on any atom is 0.282 e. The number of benzene rings is 1. The van der Waals surface area contributed by atoms with E-state index in [4.69, 9.17) is 11.6 Å². The Morgan fingerprint density at radius 2 is 2.08 bits per heavy atom. The molecule has 1 fully saturated rings. The fourth-order valence-corrected chi connectivity index (χ4v) is 4.20. The highest BCUT2D eigenvalue weighted by molar-refractivity contribution is 7.09. The number of quaternary nitrogens is 2. The summed E-state index contributed by atoms with van der Waals surface area (Å²) in [7, 11) is 0. The van der Waals surface area contributed by atoms with Gasteiger partial charge in [-0.1, -0.05) is 17.7 Å². The van der Waals surface area contributed by atoms with Gasteiger partial charge in [0.2, 0.25) is 0 Å². The fraction of sp³-hybridized carbons (Fsp3) is 0.389. The van der Waals surface area contributed by atoms with E-state index in [0.29, 0.717) is 5.69 Å². The van der Waals surface area contributed by atoms with E-state index in [2.05, 4.69) is 22.8 Å². The van der Waals surface area contributed by atoms with Crippen LogP contribution in [0.3, 0.4) is 0 Å². The molecule has 0 bridgehead atoms. The van der Waals surface area contributed by atoms with Crippen LogP contribution in [-0.4, -0.2) is 38.1 Å². The molecule has 1 aromatic carbocycles. The quantitative estimate of drug-likeness (QED) is 0.703. The zero-order valence-electron chi connectivity index (χ0n) is 14.1. The maximum absolute atomic E-state index is 13.1. The lowest BCUT2D eigenvalue weighted by atomic mass is 10.2. The van der Waals surface area contributed by atoms with Gasteiger partial charge in [0, 0.05) is 0 Å². The van der Waals surface area contributed by atoms with E-state index < -0.39 is 5.82 Å². The van der Waals surface area contributed by atoms with Crippen molar-refractivity contribution in [3.8, 4) is 0 Å². The van der Waals surface area contributed by atoms with Gasteiger partial charge >= 0.3 is 0 Å². The zero-order valence-corrected chi connectivity index (χ0v) is 15.7. The van der Waals surface area contributed by atoms with Crippen LogP contribution in [0.15, 0.2) is 35.7 Å². The smallest absolute Gasteiger partial charge is 0.282 e. The van der Waals surface area contributed by atoms with Crippen LogP contribution in [0.2, 0.25) is 5.02 Å². The summed E-state index contributed by atoms with van der Waals surface area (Å²) in [4.78, 5) is 16.8. The molecule has 3 rings (SSSR count). The lowest BCUT2D eigenvalue weighted by Crippen LogP contribution is -3.29. The molecule has 3 N–H and O–H groups in total. The lowest BCUT2D eigenvalue weighted by molar-refractivity contribution is -1.02. The number of amides is 1. The van der Waals surface area contributed by atoms with Gasteiger partial charge in [-0.3, -0.25) is 4.79 Å². The van der Waals surface area contributed by atoms with E-state index in [1.54, 1.807) is 16.2 Å². The normalized spacial score (nSPS) is 21.7. The molecule has 4 nitrogen and oxygen atoms in total.